The van der Waals surface area contributed by atoms with Crippen LogP contribution < -0.4 is 5.32 Å². The van der Waals surface area contributed by atoms with Crippen LogP contribution in [0.2, 0.25) is 5.02 Å². The molecule has 1 aliphatic rings. The van der Waals surface area contributed by atoms with Crippen LogP contribution >= 0.6 is 11.6 Å². The van der Waals surface area contributed by atoms with Gasteiger partial charge in [-0.15, -0.1) is 0 Å². The lowest BCUT2D eigenvalue weighted by Gasteiger charge is -2.41. The van der Waals surface area contributed by atoms with Crippen LogP contribution in [0.1, 0.15) is 57.9 Å². The summed E-state index contributed by atoms with van der Waals surface area (Å²) in [4.78, 5) is 0. The van der Waals surface area contributed by atoms with Crippen LogP contribution in [0.15, 0.2) is 24.3 Å². The summed E-state index contributed by atoms with van der Waals surface area (Å²) >= 11 is 6.19. The molecular weight excluding hydrogens is 266 g/mol. The van der Waals surface area contributed by atoms with Crippen molar-refractivity contribution in [2.75, 3.05) is 13.1 Å². The van der Waals surface area contributed by atoms with Gasteiger partial charge < -0.3 is 5.32 Å². The van der Waals surface area contributed by atoms with E-state index in [4.69, 9.17) is 11.6 Å². The maximum absolute atomic E-state index is 6.19. The van der Waals surface area contributed by atoms with E-state index in [1.54, 1.807) is 0 Å². The van der Waals surface area contributed by atoms with E-state index in [1.165, 1.54) is 31.2 Å². The fraction of sp³-hybridized carbons (Fsp3) is 0.667. The third kappa shape index (κ3) is 4.23. The second-order valence-corrected chi connectivity index (χ2v) is 7.47. The Morgan fingerprint density at radius 3 is 2.85 bits per heavy atom. The molecule has 1 nitrogen and oxygen atoms in total. The highest BCUT2D eigenvalue weighted by atomic mass is 35.5. The Hall–Kier alpha value is -0.530. The average molecular weight is 294 g/mol. The molecule has 1 N–H and O–H groups in total. The Morgan fingerprint density at radius 2 is 2.15 bits per heavy atom. The Bertz CT molecular complexity index is 427. The van der Waals surface area contributed by atoms with E-state index >= 15 is 0 Å². The van der Waals surface area contributed by atoms with E-state index in [0.717, 1.165) is 24.0 Å². The highest BCUT2D eigenvalue weighted by Gasteiger charge is 2.35. The Balaban J connectivity index is 2.13. The van der Waals surface area contributed by atoms with Gasteiger partial charge in [-0.2, -0.15) is 0 Å². The minimum Gasteiger partial charge on any atom is -0.316 e. The van der Waals surface area contributed by atoms with Gasteiger partial charge >= 0.3 is 0 Å². The molecule has 20 heavy (non-hydrogen) atoms. The molecule has 1 aromatic carbocycles. The third-order valence-electron chi connectivity index (χ3n) is 4.64. The number of benzene rings is 1. The molecule has 2 heteroatoms. The molecule has 0 saturated heterocycles. The molecule has 1 fully saturated rings. The predicted molar refractivity (Wildman–Crippen MR) is 88.5 cm³/mol. The van der Waals surface area contributed by atoms with E-state index in [2.05, 4.69) is 44.3 Å². The summed E-state index contributed by atoms with van der Waals surface area (Å²) in [5.41, 5.74) is 1.88. The fourth-order valence-corrected chi connectivity index (χ4v) is 3.68. The molecule has 0 amide bonds. The number of hydrogen-bond acceptors (Lipinski definition) is 1. The van der Waals surface area contributed by atoms with Gasteiger partial charge in [-0.1, -0.05) is 44.5 Å². The molecule has 1 aliphatic carbocycles. The highest BCUT2D eigenvalue weighted by Crippen LogP contribution is 2.46. The first-order valence-electron chi connectivity index (χ1n) is 7.98. The van der Waals surface area contributed by atoms with Gasteiger partial charge in [0.25, 0.3) is 0 Å². The van der Waals surface area contributed by atoms with Crippen molar-refractivity contribution in [3.05, 3.63) is 34.9 Å². The van der Waals surface area contributed by atoms with E-state index in [1.807, 2.05) is 6.07 Å². The van der Waals surface area contributed by atoms with Crippen molar-refractivity contribution in [1.82, 2.24) is 5.32 Å². The van der Waals surface area contributed by atoms with Gasteiger partial charge in [0.05, 0.1) is 0 Å². The summed E-state index contributed by atoms with van der Waals surface area (Å²) in [5.74, 6) is 1.38. The van der Waals surface area contributed by atoms with Gasteiger partial charge in [0, 0.05) is 5.02 Å². The van der Waals surface area contributed by atoms with Crippen molar-refractivity contribution in [1.29, 1.82) is 0 Å². The van der Waals surface area contributed by atoms with Crippen LogP contribution in [0.25, 0.3) is 0 Å². The summed E-state index contributed by atoms with van der Waals surface area (Å²) < 4.78 is 0. The first-order chi connectivity index (χ1) is 9.52. The SMILES string of the molecule is CCCNCC1CCC(C)(C)CC1c1cccc(Cl)c1. The van der Waals surface area contributed by atoms with Crippen LogP contribution in [0.3, 0.4) is 0 Å². The smallest absolute Gasteiger partial charge is 0.0408 e. The number of halogens is 1. The summed E-state index contributed by atoms with van der Waals surface area (Å²) in [6.45, 7) is 9.30. The van der Waals surface area contributed by atoms with Crippen LogP contribution in [-0.4, -0.2) is 13.1 Å². The zero-order valence-electron chi connectivity index (χ0n) is 13.1. The molecule has 0 aliphatic heterocycles. The van der Waals surface area contributed by atoms with Gasteiger partial charge in [-0.05, 0) is 73.7 Å². The predicted octanol–water partition coefficient (Wildman–Crippen LogP) is 5.25. The lowest BCUT2D eigenvalue weighted by Crippen LogP contribution is -2.35. The average Bonchev–Trinajstić information content (AvgIpc) is 2.40. The van der Waals surface area contributed by atoms with E-state index in [9.17, 15) is 0 Å². The zero-order chi connectivity index (χ0) is 14.6. The second-order valence-electron chi connectivity index (χ2n) is 7.03. The molecule has 0 radical (unpaired) electrons. The molecule has 1 saturated carbocycles. The van der Waals surface area contributed by atoms with Crippen LogP contribution in [0, 0.1) is 11.3 Å². The third-order valence-corrected chi connectivity index (χ3v) is 4.88. The molecule has 2 rings (SSSR count). The van der Waals surface area contributed by atoms with Crippen molar-refractivity contribution in [2.45, 2.75) is 52.4 Å². The summed E-state index contributed by atoms with van der Waals surface area (Å²) in [6.07, 6.45) is 5.13. The van der Waals surface area contributed by atoms with Gasteiger partial charge in [-0.25, -0.2) is 0 Å². The number of nitrogens with one attached hydrogen (secondary N) is 1. The normalized spacial score (nSPS) is 25.6. The quantitative estimate of drug-likeness (QED) is 0.731. The number of hydrogen-bond donors (Lipinski definition) is 1. The fourth-order valence-electron chi connectivity index (χ4n) is 3.48. The maximum Gasteiger partial charge on any atom is 0.0408 e. The first-order valence-corrected chi connectivity index (χ1v) is 8.36. The van der Waals surface area contributed by atoms with Crippen molar-refractivity contribution >= 4 is 11.6 Å². The minimum atomic E-state index is 0.453. The van der Waals surface area contributed by atoms with Crippen LogP contribution in [0.4, 0.5) is 0 Å². The Morgan fingerprint density at radius 1 is 1.35 bits per heavy atom. The van der Waals surface area contributed by atoms with Gasteiger partial charge in [-0.3, -0.25) is 0 Å². The lowest BCUT2D eigenvalue weighted by atomic mass is 9.65. The van der Waals surface area contributed by atoms with E-state index in [-0.39, 0.29) is 0 Å². The lowest BCUT2D eigenvalue weighted by molar-refractivity contribution is 0.160. The monoisotopic (exact) mass is 293 g/mol. The Kier molecular flexibility index (Phi) is 5.51. The molecular formula is C18H28ClN. The molecule has 2 unspecified atom stereocenters. The summed E-state index contributed by atoms with van der Waals surface area (Å²) in [6, 6.07) is 8.49. The molecule has 0 spiro atoms. The molecule has 112 valence electrons. The highest BCUT2D eigenvalue weighted by molar-refractivity contribution is 6.30. The van der Waals surface area contributed by atoms with Gasteiger partial charge in [0.2, 0.25) is 0 Å². The van der Waals surface area contributed by atoms with Crippen LogP contribution in [-0.2, 0) is 0 Å². The van der Waals surface area contributed by atoms with Gasteiger partial charge in [0.15, 0.2) is 0 Å². The Labute approximate surface area is 129 Å². The molecule has 0 bridgehead atoms. The summed E-state index contributed by atoms with van der Waals surface area (Å²) in [5, 5.41) is 4.48. The van der Waals surface area contributed by atoms with Crippen molar-refractivity contribution in [3.63, 3.8) is 0 Å². The molecule has 1 aromatic rings. The van der Waals surface area contributed by atoms with Gasteiger partial charge in [0.1, 0.15) is 0 Å². The molecule has 0 heterocycles. The zero-order valence-corrected chi connectivity index (χ0v) is 13.8. The minimum absolute atomic E-state index is 0.453. The number of rotatable bonds is 5. The largest absolute Gasteiger partial charge is 0.316 e. The van der Waals surface area contributed by atoms with Crippen molar-refractivity contribution < 1.29 is 0 Å². The van der Waals surface area contributed by atoms with E-state index in [0.29, 0.717) is 11.3 Å². The first kappa shape index (κ1) is 15.9. The van der Waals surface area contributed by atoms with E-state index < -0.39 is 0 Å². The summed E-state index contributed by atoms with van der Waals surface area (Å²) in [7, 11) is 0. The molecule has 2 atom stereocenters. The van der Waals surface area contributed by atoms with Crippen LogP contribution in [0.5, 0.6) is 0 Å². The van der Waals surface area contributed by atoms with Crippen molar-refractivity contribution in [3.8, 4) is 0 Å². The van der Waals surface area contributed by atoms with Crippen molar-refractivity contribution in [2.24, 2.45) is 11.3 Å². The maximum atomic E-state index is 6.19. The standard InChI is InChI=1S/C18H28ClN/c1-4-10-20-13-15-8-9-18(2,3)12-17(15)14-6-5-7-16(19)11-14/h5-7,11,15,17,20H,4,8-10,12-13H2,1-3H3. The molecule has 0 aromatic heterocycles. The second kappa shape index (κ2) is 6.95. The topological polar surface area (TPSA) is 12.0 Å².